The molecule has 0 atom stereocenters. The Bertz CT molecular complexity index is 1070. The SMILES string of the molecule is CN(Cc1ccccc1)C(=O)CCCCCN1C(=O)/C(=C/c2ccc3c(c2)OCO3)SC1=S. The van der Waals surface area contributed by atoms with Crippen LogP contribution in [0.4, 0.5) is 0 Å². The molecule has 0 radical (unpaired) electrons. The molecule has 0 unspecified atom stereocenters. The van der Waals surface area contributed by atoms with Crippen LogP contribution in [0.2, 0.25) is 0 Å². The van der Waals surface area contributed by atoms with E-state index in [0.29, 0.717) is 40.2 Å². The standard InChI is InChI=1S/C25H26N2O4S2/c1-26(16-18-8-4-2-5-9-18)23(28)10-6-3-7-13-27-24(29)22(33-25(27)32)15-19-11-12-20-21(14-19)31-17-30-20/h2,4-5,8-9,11-12,14-15H,3,6-7,10,13,16-17H2,1H3/b22-15-. The Labute approximate surface area is 203 Å². The van der Waals surface area contributed by atoms with Crippen molar-refractivity contribution in [3.8, 4) is 11.5 Å². The number of carbonyl (C=O) groups is 2. The third-order valence-electron chi connectivity index (χ3n) is 5.53. The van der Waals surface area contributed by atoms with Crippen LogP contribution in [0.5, 0.6) is 11.5 Å². The Hall–Kier alpha value is -2.84. The van der Waals surface area contributed by atoms with Gasteiger partial charge in [-0.25, -0.2) is 0 Å². The van der Waals surface area contributed by atoms with Gasteiger partial charge in [-0.2, -0.15) is 0 Å². The lowest BCUT2D eigenvalue weighted by atomic mass is 10.1. The highest BCUT2D eigenvalue weighted by atomic mass is 32.2. The molecule has 2 aliphatic rings. The van der Waals surface area contributed by atoms with Crippen LogP contribution >= 0.6 is 24.0 Å². The first-order valence-electron chi connectivity index (χ1n) is 10.9. The van der Waals surface area contributed by atoms with Gasteiger partial charge < -0.3 is 14.4 Å². The highest BCUT2D eigenvalue weighted by Crippen LogP contribution is 2.36. The molecule has 1 fully saturated rings. The second-order valence-corrected chi connectivity index (χ2v) is 9.67. The predicted molar refractivity (Wildman–Crippen MR) is 134 cm³/mol. The summed E-state index contributed by atoms with van der Waals surface area (Å²) < 4.78 is 11.3. The van der Waals surface area contributed by atoms with Crippen LogP contribution < -0.4 is 9.47 Å². The fourth-order valence-electron chi connectivity index (χ4n) is 3.71. The van der Waals surface area contributed by atoms with Gasteiger partial charge in [-0.05, 0) is 42.2 Å². The third-order valence-corrected chi connectivity index (χ3v) is 6.91. The lowest BCUT2D eigenvalue weighted by Crippen LogP contribution is -2.29. The molecule has 2 aliphatic heterocycles. The van der Waals surface area contributed by atoms with Gasteiger partial charge in [0.25, 0.3) is 5.91 Å². The quantitative estimate of drug-likeness (QED) is 0.290. The number of thiocarbonyl (C=S) groups is 1. The number of ether oxygens (including phenoxy) is 2. The van der Waals surface area contributed by atoms with E-state index >= 15 is 0 Å². The number of rotatable bonds is 9. The van der Waals surface area contributed by atoms with E-state index in [1.165, 1.54) is 11.8 Å². The van der Waals surface area contributed by atoms with Gasteiger partial charge in [-0.3, -0.25) is 14.5 Å². The summed E-state index contributed by atoms with van der Waals surface area (Å²) in [5.41, 5.74) is 1.99. The number of hydrogen-bond acceptors (Lipinski definition) is 6. The van der Waals surface area contributed by atoms with Crippen molar-refractivity contribution in [3.63, 3.8) is 0 Å². The molecule has 0 saturated carbocycles. The predicted octanol–water partition coefficient (Wildman–Crippen LogP) is 4.84. The summed E-state index contributed by atoms with van der Waals surface area (Å²) in [4.78, 5) is 29.2. The molecule has 0 bridgehead atoms. The molecule has 0 N–H and O–H groups in total. The number of fused-ring (bicyclic) bond motifs is 1. The lowest BCUT2D eigenvalue weighted by Gasteiger charge is -2.17. The molecule has 8 heteroatoms. The van der Waals surface area contributed by atoms with Gasteiger partial charge in [0.2, 0.25) is 12.7 Å². The van der Waals surface area contributed by atoms with Crippen LogP contribution in [0.3, 0.4) is 0 Å². The van der Waals surface area contributed by atoms with Crippen LogP contribution in [-0.2, 0) is 16.1 Å². The molecule has 1 saturated heterocycles. The molecule has 0 aromatic heterocycles. The van der Waals surface area contributed by atoms with E-state index in [1.54, 1.807) is 9.80 Å². The first kappa shape index (κ1) is 23.3. The summed E-state index contributed by atoms with van der Waals surface area (Å²) in [6, 6.07) is 15.6. The molecule has 172 valence electrons. The first-order chi connectivity index (χ1) is 16.0. The Balaban J connectivity index is 1.21. The number of thioether (sulfide) groups is 1. The largest absolute Gasteiger partial charge is 0.454 e. The van der Waals surface area contributed by atoms with Crippen molar-refractivity contribution in [2.75, 3.05) is 20.4 Å². The van der Waals surface area contributed by atoms with E-state index in [0.717, 1.165) is 30.4 Å². The molecule has 2 aromatic rings. The number of carbonyl (C=O) groups excluding carboxylic acids is 2. The molecule has 6 nitrogen and oxygen atoms in total. The summed E-state index contributed by atoms with van der Waals surface area (Å²) in [5.74, 6) is 1.46. The minimum absolute atomic E-state index is 0.0682. The van der Waals surface area contributed by atoms with Crippen molar-refractivity contribution in [2.24, 2.45) is 0 Å². The number of benzene rings is 2. The van der Waals surface area contributed by atoms with Gasteiger partial charge in [0.1, 0.15) is 4.32 Å². The van der Waals surface area contributed by atoms with Gasteiger partial charge in [0, 0.05) is 26.6 Å². The van der Waals surface area contributed by atoms with Crippen molar-refractivity contribution in [3.05, 3.63) is 64.6 Å². The van der Waals surface area contributed by atoms with Crippen molar-refractivity contribution in [1.29, 1.82) is 0 Å². The van der Waals surface area contributed by atoms with E-state index in [4.69, 9.17) is 21.7 Å². The van der Waals surface area contributed by atoms with E-state index < -0.39 is 0 Å². The molecule has 2 amide bonds. The molecule has 33 heavy (non-hydrogen) atoms. The normalized spacial score (nSPS) is 16.0. The van der Waals surface area contributed by atoms with Gasteiger partial charge in [-0.1, -0.05) is 66.8 Å². The van der Waals surface area contributed by atoms with Crippen LogP contribution in [0.1, 0.15) is 36.8 Å². The Morgan fingerprint density at radius 2 is 1.91 bits per heavy atom. The van der Waals surface area contributed by atoms with Crippen molar-refractivity contribution in [2.45, 2.75) is 32.2 Å². The van der Waals surface area contributed by atoms with Crippen molar-refractivity contribution < 1.29 is 19.1 Å². The Kier molecular flexibility index (Phi) is 7.67. The maximum Gasteiger partial charge on any atom is 0.266 e. The highest BCUT2D eigenvalue weighted by molar-refractivity contribution is 8.26. The van der Waals surface area contributed by atoms with Gasteiger partial charge in [0.05, 0.1) is 4.91 Å². The average Bonchev–Trinajstić information content (AvgIpc) is 3.38. The Morgan fingerprint density at radius 3 is 2.73 bits per heavy atom. The fourth-order valence-corrected chi connectivity index (χ4v) is 5.01. The number of unbranched alkanes of at least 4 members (excludes halogenated alkanes) is 2. The van der Waals surface area contributed by atoms with E-state index in [1.807, 2.05) is 61.7 Å². The molecule has 0 spiro atoms. The van der Waals surface area contributed by atoms with E-state index in [-0.39, 0.29) is 18.6 Å². The molecular formula is C25H26N2O4S2. The third kappa shape index (κ3) is 5.94. The maximum absolute atomic E-state index is 12.8. The average molecular weight is 483 g/mol. The van der Waals surface area contributed by atoms with Crippen LogP contribution in [0.25, 0.3) is 6.08 Å². The lowest BCUT2D eigenvalue weighted by molar-refractivity contribution is -0.130. The molecule has 2 aromatic carbocycles. The van der Waals surface area contributed by atoms with E-state index in [9.17, 15) is 9.59 Å². The maximum atomic E-state index is 12.8. The number of amides is 2. The number of hydrogen-bond donors (Lipinski definition) is 0. The summed E-state index contributed by atoms with van der Waals surface area (Å²) in [7, 11) is 1.84. The zero-order chi connectivity index (χ0) is 23.2. The monoisotopic (exact) mass is 482 g/mol. The van der Waals surface area contributed by atoms with Crippen molar-refractivity contribution >= 4 is 46.2 Å². The Morgan fingerprint density at radius 1 is 1.12 bits per heavy atom. The molecule has 2 heterocycles. The van der Waals surface area contributed by atoms with Gasteiger partial charge in [-0.15, -0.1) is 0 Å². The minimum Gasteiger partial charge on any atom is -0.454 e. The smallest absolute Gasteiger partial charge is 0.266 e. The van der Waals surface area contributed by atoms with Gasteiger partial charge in [0.15, 0.2) is 11.5 Å². The molecular weight excluding hydrogens is 456 g/mol. The molecule has 0 aliphatic carbocycles. The van der Waals surface area contributed by atoms with E-state index in [2.05, 4.69) is 0 Å². The summed E-state index contributed by atoms with van der Waals surface area (Å²) in [6.07, 6.45) is 4.80. The zero-order valence-corrected chi connectivity index (χ0v) is 20.1. The zero-order valence-electron chi connectivity index (χ0n) is 18.5. The minimum atomic E-state index is -0.0682. The van der Waals surface area contributed by atoms with Crippen LogP contribution in [-0.4, -0.2) is 46.3 Å². The van der Waals surface area contributed by atoms with Crippen molar-refractivity contribution in [1.82, 2.24) is 9.80 Å². The first-order valence-corrected chi connectivity index (χ1v) is 12.2. The topological polar surface area (TPSA) is 59.1 Å². The van der Waals surface area contributed by atoms with Crippen LogP contribution in [0, 0.1) is 0 Å². The van der Waals surface area contributed by atoms with Gasteiger partial charge >= 0.3 is 0 Å². The second-order valence-electron chi connectivity index (χ2n) is 7.99. The summed E-state index contributed by atoms with van der Waals surface area (Å²) >= 11 is 6.75. The summed E-state index contributed by atoms with van der Waals surface area (Å²) in [6.45, 7) is 1.40. The fraction of sp³-hybridized carbons (Fsp3) is 0.320. The number of nitrogens with zero attached hydrogens (tertiary/aromatic N) is 2. The molecule has 4 rings (SSSR count). The highest BCUT2D eigenvalue weighted by Gasteiger charge is 2.31. The second kappa shape index (κ2) is 10.9. The summed E-state index contributed by atoms with van der Waals surface area (Å²) in [5, 5.41) is 0. The van der Waals surface area contributed by atoms with Crippen LogP contribution in [0.15, 0.2) is 53.4 Å².